The Labute approximate surface area is 219 Å². The average Bonchev–Trinajstić information content (AvgIpc) is 2.92. The van der Waals surface area contributed by atoms with E-state index < -0.39 is 12.1 Å². The molecule has 0 saturated heterocycles. The smallest absolute Gasteiger partial charge is 0.411 e. The van der Waals surface area contributed by atoms with Gasteiger partial charge >= 0.3 is 6.09 Å². The van der Waals surface area contributed by atoms with Crippen LogP contribution in [0.5, 0.6) is 0 Å². The number of amides is 3. The minimum Gasteiger partial charge on any atom is -0.453 e. The van der Waals surface area contributed by atoms with Gasteiger partial charge in [-0.3, -0.25) is 25.3 Å². The summed E-state index contributed by atoms with van der Waals surface area (Å²) in [5, 5.41) is 16.1. The molecule has 0 radical (unpaired) electrons. The lowest BCUT2D eigenvalue weighted by atomic mass is 10.00. The third-order valence-corrected chi connectivity index (χ3v) is 6.01. The molecule has 1 aliphatic rings. The molecule has 0 unspecified atom stereocenters. The highest BCUT2D eigenvalue weighted by molar-refractivity contribution is 5.99. The molecule has 10 heteroatoms. The fourth-order valence-corrected chi connectivity index (χ4v) is 4.03. The molecule has 3 aromatic rings. The highest BCUT2D eigenvalue weighted by atomic mass is 16.5. The third kappa shape index (κ3) is 6.41. The summed E-state index contributed by atoms with van der Waals surface area (Å²) in [5.41, 5.74) is 9.63. The summed E-state index contributed by atoms with van der Waals surface area (Å²) in [6, 6.07) is 14.9. The Hall–Kier alpha value is -4.99. The first kappa shape index (κ1) is 26.1. The second kappa shape index (κ2) is 11.8. The van der Waals surface area contributed by atoms with Crippen LogP contribution in [0.4, 0.5) is 16.2 Å². The topological polar surface area (TPSA) is 159 Å². The Kier molecular flexibility index (Phi) is 8.12. The highest BCUT2D eigenvalue weighted by Crippen LogP contribution is 2.33. The van der Waals surface area contributed by atoms with Crippen LogP contribution in [0.3, 0.4) is 0 Å². The van der Waals surface area contributed by atoms with Gasteiger partial charge in [-0.1, -0.05) is 30.4 Å². The number of allylic oxidation sites excluding steroid dienone is 1. The molecule has 2 heterocycles. The molecule has 6 N–H and O–H groups in total. The second-order valence-electron chi connectivity index (χ2n) is 8.66. The molecule has 194 valence electrons. The van der Waals surface area contributed by atoms with Gasteiger partial charge in [0, 0.05) is 35.0 Å². The zero-order chi connectivity index (χ0) is 27.1. The SMILES string of the molecule is COC(=O)Nc1ccc2c(c1)NC(=O)CC/C=C/C[C@H](NC(=O)c1ccc(C(=N)N)cc1)c1cc-2ccn1. The van der Waals surface area contributed by atoms with Crippen LogP contribution in [0.25, 0.3) is 11.1 Å². The number of benzene rings is 2. The summed E-state index contributed by atoms with van der Waals surface area (Å²) in [4.78, 5) is 41.9. The molecule has 2 aromatic carbocycles. The molecule has 10 nitrogen and oxygen atoms in total. The van der Waals surface area contributed by atoms with Crippen molar-refractivity contribution in [2.75, 3.05) is 17.7 Å². The number of aromatic nitrogens is 1. The van der Waals surface area contributed by atoms with E-state index in [-0.39, 0.29) is 24.1 Å². The molecule has 3 amide bonds. The number of nitrogens with one attached hydrogen (secondary N) is 4. The van der Waals surface area contributed by atoms with Crippen molar-refractivity contribution in [3.8, 4) is 11.1 Å². The Bertz CT molecular complexity index is 1400. The first-order chi connectivity index (χ1) is 18.3. The van der Waals surface area contributed by atoms with Crippen LogP contribution in [0, 0.1) is 5.41 Å². The summed E-state index contributed by atoms with van der Waals surface area (Å²) in [6.45, 7) is 0. The van der Waals surface area contributed by atoms with Crippen LogP contribution in [-0.4, -0.2) is 35.8 Å². The third-order valence-electron chi connectivity index (χ3n) is 6.01. The normalized spacial score (nSPS) is 15.8. The first-order valence-electron chi connectivity index (χ1n) is 12.0. The van der Waals surface area contributed by atoms with Crippen LogP contribution in [0.1, 0.15) is 46.9 Å². The van der Waals surface area contributed by atoms with Crippen molar-refractivity contribution in [1.29, 1.82) is 5.41 Å². The van der Waals surface area contributed by atoms with Crippen LogP contribution in [0.15, 0.2) is 72.9 Å². The number of carbonyl (C=O) groups is 3. The number of anilines is 2. The van der Waals surface area contributed by atoms with E-state index in [0.717, 1.165) is 11.1 Å². The van der Waals surface area contributed by atoms with Gasteiger partial charge in [0.05, 0.1) is 24.5 Å². The van der Waals surface area contributed by atoms with Crippen molar-refractivity contribution < 1.29 is 19.1 Å². The Balaban J connectivity index is 1.68. The number of fused-ring (bicyclic) bond motifs is 4. The lowest BCUT2D eigenvalue weighted by Gasteiger charge is -2.19. The maximum absolute atomic E-state index is 13.1. The van der Waals surface area contributed by atoms with Gasteiger partial charge in [0.15, 0.2) is 0 Å². The van der Waals surface area contributed by atoms with Crippen molar-refractivity contribution in [3.05, 3.63) is 89.8 Å². The van der Waals surface area contributed by atoms with Crippen molar-refractivity contribution in [2.24, 2.45) is 5.73 Å². The maximum Gasteiger partial charge on any atom is 0.411 e. The molecular formula is C28H28N6O4. The van der Waals surface area contributed by atoms with Gasteiger partial charge < -0.3 is 21.1 Å². The number of ether oxygens (including phenoxy) is 1. The quantitative estimate of drug-likeness (QED) is 0.198. The van der Waals surface area contributed by atoms with Crippen molar-refractivity contribution in [3.63, 3.8) is 0 Å². The minimum atomic E-state index is -0.619. The second-order valence-corrected chi connectivity index (χ2v) is 8.66. The van der Waals surface area contributed by atoms with E-state index in [9.17, 15) is 14.4 Å². The lowest BCUT2D eigenvalue weighted by Crippen LogP contribution is -2.29. The lowest BCUT2D eigenvalue weighted by molar-refractivity contribution is -0.116. The number of nitrogen functional groups attached to an aromatic ring is 1. The van der Waals surface area contributed by atoms with Gasteiger partial charge in [0.1, 0.15) is 5.84 Å². The van der Waals surface area contributed by atoms with Gasteiger partial charge in [-0.15, -0.1) is 0 Å². The summed E-state index contributed by atoms with van der Waals surface area (Å²) in [5.74, 6) is -0.524. The number of nitrogens with two attached hydrogens (primary N) is 1. The van der Waals surface area contributed by atoms with E-state index in [2.05, 4.69) is 25.7 Å². The Morgan fingerprint density at radius 2 is 1.84 bits per heavy atom. The van der Waals surface area contributed by atoms with Crippen LogP contribution >= 0.6 is 0 Å². The van der Waals surface area contributed by atoms with Gasteiger partial charge in [-0.05, 0) is 54.8 Å². The van der Waals surface area contributed by atoms with E-state index in [1.165, 1.54) is 7.11 Å². The standard InChI is InChI=1S/C28H28N6O4/c1-38-28(37)32-20-11-12-21-19-13-14-31-24(15-19)22(5-3-2-4-6-25(35)33-23(21)16-20)34-27(36)18-9-7-17(8-10-18)26(29)30/h2-3,7-16,22H,4-6H2,1H3,(H3,29,30)(H,32,37)(H,33,35)(H,34,36)/b3-2+/t22-/m0/s1. The molecule has 1 aromatic heterocycles. The van der Waals surface area contributed by atoms with Crippen LogP contribution < -0.4 is 21.7 Å². The summed E-state index contributed by atoms with van der Waals surface area (Å²) in [7, 11) is 1.27. The van der Waals surface area contributed by atoms with Gasteiger partial charge in [-0.25, -0.2) is 4.79 Å². The van der Waals surface area contributed by atoms with Gasteiger partial charge in [0.2, 0.25) is 5.91 Å². The molecule has 0 spiro atoms. The zero-order valence-corrected chi connectivity index (χ0v) is 20.8. The number of pyridine rings is 1. The average molecular weight is 513 g/mol. The van der Waals surface area contributed by atoms with E-state index in [0.29, 0.717) is 41.0 Å². The van der Waals surface area contributed by atoms with Crippen LogP contribution in [0.2, 0.25) is 0 Å². The molecule has 0 aliphatic carbocycles. The Morgan fingerprint density at radius 1 is 1.08 bits per heavy atom. The molecule has 4 rings (SSSR count). The summed E-state index contributed by atoms with van der Waals surface area (Å²) in [6.07, 6.45) is 6.12. The maximum atomic E-state index is 13.1. The predicted octanol–water partition coefficient (Wildman–Crippen LogP) is 4.36. The highest BCUT2D eigenvalue weighted by Gasteiger charge is 2.19. The van der Waals surface area contributed by atoms with E-state index in [1.807, 2.05) is 24.3 Å². The molecular weight excluding hydrogens is 484 g/mol. The number of rotatable bonds is 4. The number of methoxy groups -OCH3 is 1. The van der Waals surface area contributed by atoms with E-state index in [4.69, 9.17) is 11.1 Å². The fourth-order valence-electron chi connectivity index (χ4n) is 4.03. The Morgan fingerprint density at radius 3 is 2.58 bits per heavy atom. The number of hydrogen-bond acceptors (Lipinski definition) is 6. The van der Waals surface area contributed by atoms with E-state index >= 15 is 0 Å². The predicted molar refractivity (Wildman–Crippen MR) is 145 cm³/mol. The summed E-state index contributed by atoms with van der Waals surface area (Å²) < 4.78 is 4.67. The monoisotopic (exact) mass is 512 g/mol. The van der Waals surface area contributed by atoms with E-state index in [1.54, 1.807) is 48.7 Å². The number of carbonyl (C=O) groups excluding carboxylic acids is 3. The fraction of sp³-hybridized carbons (Fsp3) is 0.179. The minimum absolute atomic E-state index is 0.0696. The molecule has 38 heavy (non-hydrogen) atoms. The number of amidine groups is 1. The van der Waals surface area contributed by atoms with Crippen molar-refractivity contribution >= 4 is 35.1 Å². The molecule has 1 atom stereocenters. The van der Waals surface area contributed by atoms with Crippen molar-refractivity contribution in [2.45, 2.75) is 25.3 Å². The molecule has 0 fully saturated rings. The molecule has 1 aliphatic heterocycles. The summed E-state index contributed by atoms with van der Waals surface area (Å²) >= 11 is 0. The van der Waals surface area contributed by atoms with Gasteiger partial charge in [-0.2, -0.15) is 0 Å². The van der Waals surface area contributed by atoms with Crippen molar-refractivity contribution in [1.82, 2.24) is 10.3 Å². The number of hydrogen-bond donors (Lipinski definition) is 5. The first-order valence-corrected chi connectivity index (χ1v) is 12.0. The largest absolute Gasteiger partial charge is 0.453 e. The van der Waals surface area contributed by atoms with Crippen LogP contribution in [-0.2, 0) is 9.53 Å². The molecule has 2 bridgehead atoms. The zero-order valence-electron chi connectivity index (χ0n) is 20.8. The van der Waals surface area contributed by atoms with Gasteiger partial charge in [0.25, 0.3) is 5.91 Å². The number of nitrogens with zero attached hydrogens (tertiary/aromatic N) is 1. The molecule has 0 saturated carbocycles.